The molecule has 0 radical (unpaired) electrons. The zero-order valence-electron chi connectivity index (χ0n) is 11.4. The van der Waals surface area contributed by atoms with Gasteiger partial charge in [-0.3, -0.25) is 9.89 Å². The molecule has 0 amide bonds. The van der Waals surface area contributed by atoms with Crippen LogP contribution in [0.1, 0.15) is 21.0 Å². The normalized spacial score (nSPS) is 10.7. The predicted octanol–water partition coefficient (Wildman–Crippen LogP) is 1.94. The summed E-state index contributed by atoms with van der Waals surface area (Å²) in [6.07, 6.45) is 1.76. The zero-order valence-corrected chi connectivity index (χ0v) is 11.4. The number of ketones is 1. The highest BCUT2D eigenvalue weighted by molar-refractivity contribution is 6.03. The van der Waals surface area contributed by atoms with Crippen LogP contribution in [0, 0.1) is 0 Å². The van der Waals surface area contributed by atoms with Crippen molar-refractivity contribution in [2.24, 2.45) is 7.05 Å². The van der Waals surface area contributed by atoms with Gasteiger partial charge in [0.15, 0.2) is 12.3 Å². The molecule has 0 fully saturated rings. The lowest BCUT2D eigenvalue weighted by Crippen LogP contribution is -2.16. The molecular formula is C15H13N3O3. The number of nitrogens with one attached hydrogen (secondary N) is 1. The fourth-order valence-electron chi connectivity index (χ4n) is 2.14. The van der Waals surface area contributed by atoms with E-state index in [0.29, 0.717) is 11.1 Å². The molecule has 3 rings (SSSR count). The van der Waals surface area contributed by atoms with Gasteiger partial charge < -0.3 is 9.30 Å². The Labute approximate surface area is 120 Å². The molecule has 0 unspecified atom stereocenters. The quantitative estimate of drug-likeness (QED) is 0.586. The van der Waals surface area contributed by atoms with Crippen LogP contribution in [0.15, 0.2) is 42.6 Å². The number of benzene rings is 1. The number of ether oxygens (including phenoxy) is 1. The van der Waals surface area contributed by atoms with Gasteiger partial charge in [0, 0.05) is 18.6 Å². The Kier molecular flexibility index (Phi) is 3.27. The van der Waals surface area contributed by atoms with Crippen molar-refractivity contribution in [2.45, 2.75) is 0 Å². The topological polar surface area (TPSA) is 77.0 Å². The van der Waals surface area contributed by atoms with Crippen LogP contribution in [0.3, 0.4) is 0 Å². The number of H-pyrrole nitrogens is 1. The van der Waals surface area contributed by atoms with Crippen molar-refractivity contribution in [1.29, 1.82) is 0 Å². The van der Waals surface area contributed by atoms with Crippen molar-refractivity contribution >= 4 is 22.7 Å². The molecule has 3 aromatic rings. The van der Waals surface area contributed by atoms with Gasteiger partial charge >= 0.3 is 5.97 Å². The Hall–Kier alpha value is -2.89. The minimum Gasteiger partial charge on any atom is -0.452 e. The summed E-state index contributed by atoms with van der Waals surface area (Å²) in [6.45, 7) is -0.308. The molecule has 0 aliphatic carbocycles. The van der Waals surface area contributed by atoms with Crippen molar-refractivity contribution in [3.05, 3.63) is 54.0 Å². The molecule has 0 aliphatic rings. The second-order valence-corrected chi connectivity index (χ2v) is 4.62. The lowest BCUT2D eigenvalue weighted by molar-refractivity contribution is 0.0468. The maximum atomic E-state index is 12.0. The van der Waals surface area contributed by atoms with Crippen molar-refractivity contribution in [3.8, 4) is 0 Å². The lowest BCUT2D eigenvalue weighted by atomic mass is 10.2. The second-order valence-electron chi connectivity index (χ2n) is 4.62. The summed E-state index contributed by atoms with van der Waals surface area (Å²) in [4.78, 5) is 24.0. The van der Waals surface area contributed by atoms with E-state index in [4.69, 9.17) is 4.74 Å². The van der Waals surface area contributed by atoms with Gasteiger partial charge in [-0.15, -0.1) is 0 Å². The number of nitrogens with zero attached hydrogens (tertiary/aromatic N) is 2. The third-order valence-corrected chi connectivity index (χ3v) is 3.23. The van der Waals surface area contributed by atoms with Crippen LogP contribution in [0.4, 0.5) is 0 Å². The van der Waals surface area contributed by atoms with Gasteiger partial charge in [-0.2, -0.15) is 5.10 Å². The van der Waals surface area contributed by atoms with E-state index >= 15 is 0 Å². The van der Waals surface area contributed by atoms with Gasteiger partial charge in [0.05, 0.1) is 11.2 Å². The molecule has 21 heavy (non-hydrogen) atoms. The fourth-order valence-corrected chi connectivity index (χ4v) is 2.14. The number of aryl methyl sites for hydroxylation is 1. The van der Waals surface area contributed by atoms with E-state index in [2.05, 4.69) is 10.2 Å². The molecular weight excluding hydrogens is 270 g/mol. The summed E-state index contributed by atoms with van der Waals surface area (Å²) >= 11 is 0. The highest BCUT2D eigenvalue weighted by Crippen LogP contribution is 2.16. The van der Waals surface area contributed by atoms with E-state index in [1.54, 1.807) is 36.0 Å². The number of carbonyl (C=O) groups excluding carboxylic acids is 2. The number of carbonyl (C=O) groups is 2. The van der Waals surface area contributed by atoms with Gasteiger partial charge in [-0.25, -0.2) is 4.79 Å². The second kappa shape index (κ2) is 5.24. The number of hydrogen-bond acceptors (Lipinski definition) is 4. The summed E-state index contributed by atoms with van der Waals surface area (Å²) in [5.74, 6) is -0.870. The van der Waals surface area contributed by atoms with Gasteiger partial charge in [-0.1, -0.05) is 18.2 Å². The van der Waals surface area contributed by atoms with Gasteiger partial charge in [-0.05, 0) is 18.2 Å². The average molecular weight is 283 g/mol. The highest BCUT2D eigenvalue weighted by atomic mass is 16.5. The minimum atomic E-state index is -0.616. The van der Waals surface area contributed by atoms with E-state index in [9.17, 15) is 9.59 Å². The number of aromatic amines is 1. The van der Waals surface area contributed by atoms with Gasteiger partial charge in [0.25, 0.3) is 0 Å². The summed E-state index contributed by atoms with van der Waals surface area (Å²) in [5, 5.41) is 7.37. The largest absolute Gasteiger partial charge is 0.452 e. The van der Waals surface area contributed by atoms with E-state index in [1.807, 2.05) is 18.2 Å². The highest BCUT2D eigenvalue weighted by Gasteiger charge is 2.18. The average Bonchev–Trinajstić information content (AvgIpc) is 3.10. The van der Waals surface area contributed by atoms with E-state index in [-0.39, 0.29) is 18.1 Å². The Morgan fingerprint density at radius 3 is 2.81 bits per heavy atom. The third kappa shape index (κ3) is 2.43. The first-order valence-electron chi connectivity index (χ1n) is 6.41. The molecule has 0 saturated carbocycles. The number of aromatic nitrogens is 3. The lowest BCUT2D eigenvalue weighted by Gasteiger charge is -2.04. The first-order chi connectivity index (χ1) is 10.2. The van der Waals surface area contributed by atoms with Gasteiger partial charge in [0.1, 0.15) is 0 Å². The first kappa shape index (κ1) is 13.1. The fraction of sp³-hybridized carbons (Fsp3) is 0.133. The molecule has 1 N–H and O–H groups in total. The monoisotopic (exact) mass is 283 g/mol. The molecule has 1 aromatic carbocycles. The molecule has 106 valence electrons. The summed E-state index contributed by atoms with van der Waals surface area (Å²) in [6, 6.07) is 10.7. The van der Waals surface area contributed by atoms with Crippen molar-refractivity contribution in [1.82, 2.24) is 14.8 Å². The molecule has 0 atom stereocenters. The van der Waals surface area contributed by atoms with Crippen LogP contribution >= 0.6 is 0 Å². The Morgan fingerprint density at radius 1 is 1.24 bits per heavy atom. The van der Waals surface area contributed by atoms with E-state index in [1.165, 1.54) is 0 Å². The number of Topliss-reactive ketones (excluding diaryl/α,β-unsaturated/α-hetero) is 1. The number of esters is 1. The Balaban J connectivity index is 1.72. The van der Waals surface area contributed by atoms with Crippen LogP contribution in [0.5, 0.6) is 0 Å². The van der Waals surface area contributed by atoms with Crippen LogP contribution in [0.25, 0.3) is 10.9 Å². The van der Waals surface area contributed by atoms with E-state index in [0.717, 1.165) is 5.52 Å². The molecule has 6 heteroatoms. The van der Waals surface area contributed by atoms with Crippen LogP contribution < -0.4 is 0 Å². The molecule has 0 bridgehead atoms. The summed E-state index contributed by atoms with van der Waals surface area (Å²) in [7, 11) is 1.76. The van der Waals surface area contributed by atoms with Crippen molar-refractivity contribution < 1.29 is 14.3 Å². The number of rotatable bonds is 4. The zero-order chi connectivity index (χ0) is 14.8. The molecule has 2 aromatic heterocycles. The number of hydrogen-bond donors (Lipinski definition) is 1. The summed E-state index contributed by atoms with van der Waals surface area (Å²) < 4.78 is 6.73. The maximum absolute atomic E-state index is 12.0. The minimum absolute atomic E-state index is 0.185. The predicted molar refractivity (Wildman–Crippen MR) is 76.1 cm³/mol. The molecule has 6 nitrogen and oxygen atoms in total. The summed E-state index contributed by atoms with van der Waals surface area (Å²) in [5.41, 5.74) is 1.43. The van der Waals surface area contributed by atoms with Gasteiger partial charge in [0.2, 0.25) is 5.78 Å². The van der Waals surface area contributed by atoms with Crippen molar-refractivity contribution in [2.75, 3.05) is 6.61 Å². The number of fused-ring (bicyclic) bond motifs is 1. The van der Waals surface area contributed by atoms with Crippen LogP contribution in [-0.4, -0.2) is 33.1 Å². The van der Waals surface area contributed by atoms with Crippen LogP contribution in [0.2, 0.25) is 0 Å². The van der Waals surface area contributed by atoms with Crippen LogP contribution in [-0.2, 0) is 11.8 Å². The standard InChI is InChI=1S/C15H13N3O3/c1-18-8-4-7-12(18)13(19)9-21-15(20)14-10-5-2-3-6-11(10)16-17-14/h2-8H,9H2,1H3,(H,16,17). The molecule has 0 aliphatic heterocycles. The van der Waals surface area contributed by atoms with Crippen molar-refractivity contribution in [3.63, 3.8) is 0 Å². The third-order valence-electron chi connectivity index (χ3n) is 3.23. The SMILES string of the molecule is Cn1cccc1C(=O)COC(=O)c1n[nH]c2ccccc12. The molecule has 2 heterocycles. The smallest absolute Gasteiger partial charge is 0.359 e. The maximum Gasteiger partial charge on any atom is 0.359 e. The molecule has 0 saturated heterocycles. The van der Waals surface area contributed by atoms with E-state index < -0.39 is 5.97 Å². The first-order valence-corrected chi connectivity index (χ1v) is 6.41. The Bertz CT molecular complexity index is 816. The Morgan fingerprint density at radius 2 is 2.05 bits per heavy atom. The molecule has 0 spiro atoms. The number of para-hydroxylation sites is 1.